The SMILES string of the molecule is COc1cc2sc(C(=O)C[C@H](C)C(=O)O)cc2c(F)c1OCCC(C)Oc1c(OC)cc2sc(C(=O)C[C@H](C)C(=O)O)cc2c1F. The summed E-state index contributed by atoms with van der Waals surface area (Å²) in [4.78, 5) is 47.9. The zero-order valence-electron chi connectivity index (χ0n) is 25.6. The van der Waals surface area contributed by atoms with Gasteiger partial charge in [0, 0.05) is 51.6 Å². The maximum absolute atomic E-state index is 15.6. The van der Waals surface area contributed by atoms with Crippen LogP contribution in [-0.2, 0) is 9.59 Å². The Bertz CT molecular complexity index is 1810. The number of thiophene rings is 2. The largest absolute Gasteiger partial charge is 0.493 e. The summed E-state index contributed by atoms with van der Waals surface area (Å²) >= 11 is 2.05. The third kappa shape index (κ3) is 7.39. The molecule has 46 heavy (non-hydrogen) atoms. The Morgan fingerprint density at radius 1 is 0.739 bits per heavy atom. The first-order valence-corrected chi connectivity index (χ1v) is 15.8. The third-order valence-electron chi connectivity index (χ3n) is 7.27. The van der Waals surface area contributed by atoms with Gasteiger partial charge >= 0.3 is 11.9 Å². The van der Waals surface area contributed by atoms with Gasteiger partial charge in [-0.1, -0.05) is 13.8 Å². The number of Topliss-reactive ketones (excluding diaryl/α,β-unsaturated/α-hetero) is 2. The number of carboxylic acids is 2. The number of carboxylic acid groups (broad SMARTS) is 2. The van der Waals surface area contributed by atoms with Gasteiger partial charge in [0.2, 0.25) is 0 Å². The van der Waals surface area contributed by atoms with E-state index in [1.54, 1.807) is 6.92 Å². The van der Waals surface area contributed by atoms with Crippen molar-refractivity contribution in [3.05, 3.63) is 45.7 Å². The predicted molar refractivity (Wildman–Crippen MR) is 168 cm³/mol. The van der Waals surface area contributed by atoms with E-state index in [-0.39, 0.29) is 69.4 Å². The molecule has 2 aromatic carbocycles. The number of ketones is 2. The molecule has 0 saturated heterocycles. The lowest BCUT2D eigenvalue weighted by atomic mass is 10.0. The number of ether oxygens (including phenoxy) is 4. The quantitative estimate of drug-likeness (QED) is 0.116. The maximum atomic E-state index is 15.6. The molecule has 4 aromatic rings. The van der Waals surface area contributed by atoms with Crippen LogP contribution in [-0.4, -0.2) is 60.6 Å². The van der Waals surface area contributed by atoms with Crippen LogP contribution in [0.2, 0.25) is 0 Å². The van der Waals surface area contributed by atoms with Crippen LogP contribution in [0, 0.1) is 23.5 Å². The van der Waals surface area contributed by atoms with Crippen LogP contribution in [0.5, 0.6) is 23.0 Å². The fourth-order valence-electron chi connectivity index (χ4n) is 4.54. The van der Waals surface area contributed by atoms with Gasteiger partial charge in [-0.05, 0) is 19.1 Å². The standard InChI is InChI=1S/C32H32F2O10S2/c1-14(31(37)38)8-19(35)25-10-17-23(45-25)12-21(41-4)29(27(17)33)43-7-6-16(3)44-30-22(42-5)13-24-18(28(30)34)11-26(46-24)20(36)9-15(2)32(39)40/h10-16H,6-9H2,1-5H3,(H,37,38)(H,39,40)/t14-,15-,16?/m0/s1. The van der Waals surface area contributed by atoms with E-state index in [4.69, 9.17) is 29.2 Å². The highest BCUT2D eigenvalue weighted by atomic mass is 32.1. The average molecular weight is 679 g/mol. The Balaban J connectivity index is 1.48. The highest BCUT2D eigenvalue weighted by Gasteiger charge is 2.25. The van der Waals surface area contributed by atoms with Crippen LogP contribution in [0.4, 0.5) is 8.78 Å². The number of rotatable bonds is 16. The number of halogens is 2. The van der Waals surface area contributed by atoms with Gasteiger partial charge in [-0.15, -0.1) is 22.7 Å². The Kier molecular flexibility index (Phi) is 10.8. The summed E-state index contributed by atoms with van der Waals surface area (Å²) in [6.07, 6.45) is -0.908. The molecule has 0 spiro atoms. The van der Waals surface area contributed by atoms with Gasteiger partial charge in [0.05, 0.1) is 48.5 Å². The Hall–Kier alpha value is -4.30. The minimum atomic E-state index is -1.10. The molecule has 1 unspecified atom stereocenters. The Morgan fingerprint density at radius 3 is 1.61 bits per heavy atom. The number of hydrogen-bond donors (Lipinski definition) is 2. The van der Waals surface area contributed by atoms with Gasteiger partial charge in [-0.3, -0.25) is 19.2 Å². The van der Waals surface area contributed by atoms with Crippen molar-refractivity contribution in [3.63, 3.8) is 0 Å². The number of carbonyl (C=O) groups excluding carboxylic acids is 2. The molecule has 2 heterocycles. The molecule has 0 aliphatic carbocycles. The van der Waals surface area contributed by atoms with E-state index in [1.165, 1.54) is 52.3 Å². The van der Waals surface area contributed by atoms with E-state index in [2.05, 4.69) is 0 Å². The molecule has 14 heteroatoms. The van der Waals surface area contributed by atoms with E-state index >= 15 is 8.78 Å². The molecule has 3 atom stereocenters. The zero-order valence-corrected chi connectivity index (χ0v) is 27.2. The van der Waals surface area contributed by atoms with Crippen molar-refractivity contribution in [2.24, 2.45) is 11.8 Å². The first-order chi connectivity index (χ1) is 21.7. The average Bonchev–Trinajstić information content (AvgIpc) is 3.64. The summed E-state index contributed by atoms with van der Waals surface area (Å²) in [6, 6.07) is 5.81. The summed E-state index contributed by atoms with van der Waals surface area (Å²) < 4.78 is 54.3. The summed E-state index contributed by atoms with van der Waals surface area (Å²) in [7, 11) is 2.69. The van der Waals surface area contributed by atoms with E-state index in [0.29, 0.717) is 9.40 Å². The van der Waals surface area contributed by atoms with Crippen LogP contribution in [0.15, 0.2) is 24.3 Å². The van der Waals surface area contributed by atoms with E-state index in [1.807, 2.05) is 0 Å². The second-order valence-electron chi connectivity index (χ2n) is 10.8. The molecular formula is C32H32F2O10S2. The van der Waals surface area contributed by atoms with Crippen molar-refractivity contribution in [1.82, 2.24) is 0 Å². The summed E-state index contributed by atoms with van der Waals surface area (Å²) in [5.74, 6) is -6.49. The molecule has 0 bridgehead atoms. The van der Waals surface area contributed by atoms with Crippen molar-refractivity contribution in [2.45, 2.75) is 46.1 Å². The highest BCUT2D eigenvalue weighted by molar-refractivity contribution is 7.21. The van der Waals surface area contributed by atoms with Gasteiger partial charge in [-0.25, -0.2) is 8.78 Å². The van der Waals surface area contributed by atoms with Crippen LogP contribution in [0.25, 0.3) is 20.2 Å². The molecule has 2 N–H and O–H groups in total. The van der Waals surface area contributed by atoms with Crippen LogP contribution in [0.3, 0.4) is 0 Å². The van der Waals surface area contributed by atoms with E-state index < -0.39 is 53.1 Å². The van der Waals surface area contributed by atoms with Crippen LogP contribution in [0.1, 0.15) is 59.4 Å². The molecule has 0 aliphatic rings. The normalized spacial score (nSPS) is 13.3. The lowest BCUT2D eigenvalue weighted by molar-refractivity contribution is -0.141. The number of carbonyl (C=O) groups is 4. The van der Waals surface area contributed by atoms with Gasteiger partial charge < -0.3 is 29.2 Å². The first kappa shape index (κ1) is 34.6. The molecule has 0 amide bonds. The van der Waals surface area contributed by atoms with E-state index in [9.17, 15) is 19.2 Å². The van der Waals surface area contributed by atoms with Crippen molar-refractivity contribution in [3.8, 4) is 23.0 Å². The third-order valence-corrected chi connectivity index (χ3v) is 9.52. The molecular weight excluding hydrogens is 646 g/mol. The van der Waals surface area contributed by atoms with Gasteiger partial charge in [-0.2, -0.15) is 0 Å². The minimum absolute atomic E-state index is 0.0585. The second kappa shape index (κ2) is 14.4. The van der Waals surface area contributed by atoms with Crippen molar-refractivity contribution < 1.29 is 57.1 Å². The number of methoxy groups -OCH3 is 2. The number of fused-ring (bicyclic) bond motifs is 2. The molecule has 0 radical (unpaired) electrons. The predicted octanol–water partition coefficient (Wildman–Crippen LogP) is 7.23. The lowest BCUT2D eigenvalue weighted by Crippen LogP contribution is -2.17. The Labute approximate surface area is 270 Å². The topological polar surface area (TPSA) is 146 Å². The monoisotopic (exact) mass is 678 g/mol. The van der Waals surface area contributed by atoms with Crippen molar-refractivity contribution in [2.75, 3.05) is 20.8 Å². The molecule has 10 nitrogen and oxygen atoms in total. The van der Waals surface area contributed by atoms with Crippen LogP contribution >= 0.6 is 22.7 Å². The smallest absolute Gasteiger partial charge is 0.306 e. The van der Waals surface area contributed by atoms with Crippen molar-refractivity contribution >= 4 is 66.4 Å². The van der Waals surface area contributed by atoms with Crippen molar-refractivity contribution in [1.29, 1.82) is 0 Å². The summed E-state index contributed by atoms with van der Waals surface area (Å²) in [5, 5.41) is 18.5. The van der Waals surface area contributed by atoms with Gasteiger partial charge in [0.15, 0.2) is 46.2 Å². The second-order valence-corrected chi connectivity index (χ2v) is 13.0. The molecule has 246 valence electrons. The fraction of sp³-hybridized carbons (Fsp3) is 0.375. The summed E-state index contributed by atoms with van der Waals surface area (Å²) in [5.41, 5.74) is 0. The van der Waals surface area contributed by atoms with Gasteiger partial charge in [0.1, 0.15) is 0 Å². The Morgan fingerprint density at radius 2 is 1.17 bits per heavy atom. The summed E-state index contributed by atoms with van der Waals surface area (Å²) in [6.45, 7) is 4.44. The van der Waals surface area contributed by atoms with Gasteiger partial charge in [0.25, 0.3) is 0 Å². The lowest BCUT2D eigenvalue weighted by Gasteiger charge is -2.19. The minimum Gasteiger partial charge on any atom is -0.493 e. The number of benzene rings is 2. The molecule has 0 aliphatic heterocycles. The molecule has 4 rings (SSSR count). The first-order valence-electron chi connectivity index (χ1n) is 14.2. The molecule has 2 aromatic heterocycles. The highest BCUT2D eigenvalue weighted by Crippen LogP contribution is 2.42. The van der Waals surface area contributed by atoms with Crippen LogP contribution < -0.4 is 18.9 Å². The maximum Gasteiger partial charge on any atom is 0.306 e. The molecule has 0 fully saturated rings. The number of hydrogen-bond acceptors (Lipinski definition) is 10. The molecule has 0 saturated carbocycles. The fourth-order valence-corrected chi connectivity index (χ4v) is 6.61. The number of aliphatic carboxylic acids is 2. The zero-order chi connectivity index (χ0) is 33.9. The van der Waals surface area contributed by atoms with E-state index in [0.717, 1.165) is 22.7 Å².